The van der Waals surface area contributed by atoms with Crippen LogP contribution in [0, 0.1) is 0 Å². The van der Waals surface area contributed by atoms with E-state index in [-0.39, 0.29) is 7.92 Å². The molecule has 4 rings (SSSR count). The van der Waals surface area contributed by atoms with Crippen LogP contribution in [0.25, 0.3) is 21.5 Å². The van der Waals surface area contributed by atoms with Gasteiger partial charge in [-0.15, -0.1) is 0 Å². The second kappa shape index (κ2) is 11.2. The van der Waals surface area contributed by atoms with Gasteiger partial charge in [-0.2, -0.15) is 10.0 Å². The summed E-state index contributed by atoms with van der Waals surface area (Å²) in [5.41, 5.74) is 2.61. The molecule has 38 heavy (non-hydrogen) atoms. The average Bonchev–Trinajstić information content (AvgIpc) is 2.86. The van der Waals surface area contributed by atoms with Crippen molar-refractivity contribution in [3.05, 3.63) is 72.8 Å². The molecule has 3 heteroatoms. The molecule has 0 heterocycles. The Labute approximate surface area is 236 Å². The first-order valence-electron chi connectivity index (χ1n) is 14.2. The Kier molecular flexibility index (Phi) is 8.75. The van der Waals surface area contributed by atoms with E-state index in [0.717, 1.165) is 0 Å². The van der Waals surface area contributed by atoms with Crippen molar-refractivity contribution in [3.8, 4) is 0 Å². The van der Waals surface area contributed by atoms with Crippen molar-refractivity contribution in [2.24, 2.45) is 0 Å². The van der Waals surface area contributed by atoms with E-state index in [9.17, 15) is 0 Å². The zero-order valence-corrected chi connectivity index (χ0v) is 28.1. The summed E-state index contributed by atoms with van der Waals surface area (Å²) in [5.74, 6) is 0. The van der Waals surface area contributed by atoms with Gasteiger partial charge in [-0.3, -0.25) is 0 Å². The van der Waals surface area contributed by atoms with E-state index in [2.05, 4.69) is 147 Å². The van der Waals surface area contributed by atoms with Crippen LogP contribution >= 0.6 is 25.2 Å². The maximum Gasteiger partial charge on any atom is 0.107 e. The second-order valence-corrected chi connectivity index (χ2v) is 24.3. The molecule has 0 bridgehead atoms. The predicted molar refractivity (Wildman–Crippen MR) is 183 cm³/mol. The molecule has 0 nitrogen and oxygen atoms in total. The van der Waals surface area contributed by atoms with Crippen molar-refractivity contribution in [3.63, 3.8) is 0 Å². The Morgan fingerprint density at radius 3 is 1.39 bits per heavy atom. The van der Waals surface area contributed by atoms with E-state index < -0.39 is 17.3 Å². The summed E-state index contributed by atoms with van der Waals surface area (Å²) in [5, 5.41) is 8.83. The molecule has 0 radical (unpaired) electrons. The van der Waals surface area contributed by atoms with Crippen molar-refractivity contribution in [2.45, 2.75) is 87.8 Å². The first-order chi connectivity index (χ1) is 17.8. The summed E-state index contributed by atoms with van der Waals surface area (Å²) in [7, 11) is -3.01. The molecule has 204 valence electrons. The fourth-order valence-corrected chi connectivity index (χ4v) is 16.9. The molecule has 0 aliphatic carbocycles. The third-order valence-corrected chi connectivity index (χ3v) is 20.8. The Morgan fingerprint density at radius 2 is 0.974 bits per heavy atom. The van der Waals surface area contributed by atoms with Gasteiger partial charge in [0.25, 0.3) is 0 Å². The highest BCUT2D eigenvalue weighted by Crippen LogP contribution is 2.68. The molecule has 0 saturated carbocycles. The number of fused-ring (bicyclic) bond motifs is 2. The van der Waals surface area contributed by atoms with Crippen LogP contribution in [0.3, 0.4) is 0 Å². The zero-order chi connectivity index (χ0) is 28.0. The summed E-state index contributed by atoms with van der Waals surface area (Å²) in [6, 6.07) is 28.4. The van der Waals surface area contributed by atoms with Gasteiger partial charge in [-0.05, 0) is 103 Å². The molecular formula is C35H49P2S+. The maximum absolute atomic E-state index is 2.63. The lowest BCUT2D eigenvalue weighted by Crippen LogP contribution is -2.29. The van der Waals surface area contributed by atoms with Crippen LogP contribution in [0.15, 0.2) is 82.6 Å². The Hall–Kier alpha value is -1.39. The van der Waals surface area contributed by atoms with Gasteiger partial charge in [0, 0.05) is 9.79 Å². The number of hydrogen-bond donors (Lipinski definition) is 0. The summed E-state index contributed by atoms with van der Waals surface area (Å²) in [6.07, 6.45) is 5.18. The summed E-state index contributed by atoms with van der Waals surface area (Å²) in [4.78, 5) is 3.23. The predicted octanol–water partition coefficient (Wildman–Crippen LogP) is 10.5. The van der Waals surface area contributed by atoms with Gasteiger partial charge in [-0.25, -0.2) is 0 Å². The molecule has 0 saturated heterocycles. The van der Waals surface area contributed by atoms with E-state index in [4.69, 9.17) is 0 Å². The van der Waals surface area contributed by atoms with Crippen LogP contribution in [-0.4, -0.2) is 41.8 Å². The third-order valence-electron chi connectivity index (χ3n) is 8.81. The standard InChI is InChI=1S/C35H49P2S/c1-24(2)36(25(3)4)32-20-28-16-12-14-18-30(28)22-34(32)38(10,11)35-23-31-19-15-13-17-29(31)21-33(35)37(9,26(5)6)27(7)8/h12-27H,1-11H3/q+1. The zero-order valence-electron chi connectivity index (χ0n) is 25.5. The van der Waals surface area contributed by atoms with Gasteiger partial charge in [-0.1, -0.05) is 84.1 Å². The molecule has 4 aromatic rings. The van der Waals surface area contributed by atoms with Crippen molar-refractivity contribution in [2.75, 3.05) is 19.2 Å². The fraction of sp³-hybridized carbons (Fsp3) is 0.429. The fourth-order valence-electron chi connectivity index (χ4n) is 6.23. The lowest BCUT2D eigenvalue weighted by molar-refractivity contribution is 0.996. The molecular weight excluding hydrogens is 514 g/mol. The topological polar surface area (TPSA) is 0 Å². The average molecular weight is 564 g/mol. The molecule has 0 aliphatic rings. The van der Waals surface area contributed by atoms with Crippen molar-refractivity contribution < 1.29 is 0 Å². The van der Waals surface area contributed by atoms with Crippen LogP contribution in [0.1, 0.15) is 55.4 Å². The highest BCUT2D eigenvalue weighted by atomic mass is 32.3. The number of rotatable bonds is 8. The van der Waals surface area contributed by atoms with Gasteiger partial charge in [0.05, 0.1) is 25.2 Å². The minimum atomic E-state index is -1.42. The van der Waals surface area contributed by atoms with E-state index in [1.165, 1.54) is 21.5 Å². The second-order valence-electron chi connectivity index (χ2n) is 12.6. The van der Waals surface area contributed by atoms with Gasteiger partial charge in [0.2, 0.25) is 0 Å². The highest BCUT2D eigenvalue weighted by Gasteiger charge is 2.45. The van der Waals surface area contributed by atoms with Crippen LogP contribution in [0.5, 0.6) is 0 Å². The van der Waals surface area contributed by atoms with Gasteiger partial charge in [0.15, 0.2) is 0 Å². The Morgan fingerprint density at radius 1 is 0.579 bits per heavy atom. The number of hydrogen-bond acceptors (Lipinski definition) is 0. The van der Waals surface area contributed by atoms with Crippen LogP contribution in [0.2, 0.25) is 0 Å². The van der Waals surface area contributed by atoms with Gasteiger partial charge >= 0.3 is 0 Å². The minimum absolute atomic E-state index is 0.290. The SMILES string of the molecule is CC(C)P(c1cc2ccccc2cc1S(C)(C)c1cc2ccccc2cc1[P+](C)(C(C)C)C(C)C)C(C)C. The van der Waals surface area contributed by atoms with E-state index in [1.54, 1.807) is 20.4 Å². The van der Waals surface area contributed by atoms with Crippen LogP contribution in [0.4, 0.5) is 0 Å². The monoisotopic (exact) mass is 563 g/mol. The molecule has 0 N–H and O–H groups in total. The molecule has 0 atom stereocenters. The molecule has 0 fully saturated rings. The third kappa shape index (κ3) is 5.21. The summed E-state index contributed by atoms with van der Waals surface area (Å²) >= 11 is 0. The van der Waals surface area contributed by atoms with Crippen molar-refractivity contribution in [1.82, 2.24) is 0 Å². The molecule has 0 amide bonds. The largest absolute Gasteiger partial charge is 0.189 e. The molecule has 4 aromatic carbocycles. The van der Waals surface area contributed by atoms with Gasteiger partial charge < -0.3 is 0 Å². The first-order valence-corrected chi connectivity index (χ1v) is 20.5. The first kappa shape index (κ1) is 29.6. The Bertz CT molecular complexity index is 1410. The normalized spacial score (nSPS) is 13.7. The summed E-state index contributed by atoms with van der Waals surface area (Å²) < 4.78 is 0. The Balaban J connectivity index is 2.12. The van der Waals surface area contributed by atoms with Gasteiger partial charge in [0.1, 0.15) is 5.30 Å². The quantitative estimate of drug-likeness (QED) is 0.187. The van der Waals surface area contributed by atoms with Crippen LogP contribution < -0.4 is 10.6 Å². The van der Waals surface area contributed by atoms with E-state index in [1.807, 2.05) is 0 Å². The van der Waals surface area contributed by atoms with E-state index >= 15 is 0 Å². The smallest absolute Gasteiger partial charge is 0.107 e. The lowest BCUT2D eigenvalue weighted by atomic mass is 10.1. The molecule has 0 aromatic heterocycles. The molecule has 0 unspecified atom stereocenters. The molecule has 0 spiro atoms. The van der Waals surface area contributed by atoms with Crippen molar-refractivity contribution >= 4 is 57.4 Å². The lowest BCUT2D eigenvalue weighted by Gasteiger charge is -2.42. The number of benzene rings is 4. The van der Waals surface area contributed by atoms with Crippen LogP contribution in [-0.2, 0) is 0 Å². The molecule has 0 aliphatic heterocycles. The van der Waals surface area contributed by atoms with E-state index in [0.29, 0.717) is 22.6 Å². The highest BCUT2D eigenvalue weighted by molar-refractivity contribution is 8.33. The minimum Gasteiger partial charge on any atom is -0.189 e. The summed E-state index contributed by atoms with van der Waals surface area (Å²) in [6.45, 7) is 22.2. The maximum atomic E-state index is 2.63. The van der Waals surface area contributed by atoms with Crippen molar-refractivity contribution in [1.29, 1.82) is 0 Å².